The molecule has 19 heavy (non-hydrogen) atoms. The van der Waals surface area contributed by atoms with E-state index in [1.807, 2.05) is 32.0 Å². The van der Waals surface area contributed by atoms with Crippen molar-refractivity contribution < 1.29 is 9.84 Å². The van der Waals surface area contributed by atoms with Gasteiger partial charge in [0.2, 0.25) is 0 Å². The molecular formula is C16H25NO2. The second-order valence-corrected chi connectivity index (χ2v) is 4.63. The molecule has 0 radical (unpaired) electrons. The topological polar surface area (TPSA) is 41.5 Å². The first kappa shape index (κ1) is 15.7. The predicted molar refractivity (Wildman–Crippen MR) is 79.6 cm³/mol. The van der Waals surface area contributed by atoms with E-state index in [4.69, 9.17) is 4.74 Å². The van der Waals surface area contributed by atoms with E-state index < -0.39 is 6.10 Å². The normalized spacial score (nSPS) is 13.9. The third-order valence-electron chi connectivity index (χ3n) is 3.13. The minimum atomic E-state index is -0.577. The first-order valence-corrected chi connectivity index (χ1v) is 6.89. The highest BCUT2D eigenvalue weighted by molar-refractivity contribution is 5.39. The lowest BCUT2D eigenvalue weighted by Gasteiger charge is -2.25. The Balaban J connectivity index is 2.97. The zero-order valence-corrected chi connectivity index (χ0v) is 12.1. The molecule has 106 valence electrons. The Hall–Kier alpha value is -1.32. The second-order valence-electron chi connectivity index (χ2n) is 4.63. The van der Waals surface area contributed by atoms with Crippen LogP contribution in [0.25, 0.3) is 0 Å². The van der Waals surface area contributed by atoms with E-state index in [1.165, 1.54) is 0 Å². The third kappa shape index (κ3) is 4.37. The first-order chi connectivity index (χ1) is 9.13. The Morgan fingerprint density at radius 2 is 2.16 bits per heavy atom. The summed E-state index contributed by atoms with van der Waals surface area (Å²) < 4.78 is 5.60. The molecule has 1 aromatic carbocycles. The molecule has 2 atom stereocenters. The van der Waals surface area contributed by atoms with Gasteiger partial charge in [-0.25, -0.2) is 0 Å². The van der Waals surface area contributed by atoms with Crippen molar-refractivity contribution in [1.29, 1.82) is 0 Å². The van der Waals surface area contributed by atoms with Crippen LogP contribution in [0.5, 0.6) is 5.75 Å². The van der Waals surface area contributed by atoms with E-state index in [0.29, 0.717) is 13.2 Å². The zero-order chi connectivity index (χ0) is 14.3. The van der Waals surface area contributed by atoms with Crippen LogP contribution >= 0.6 is 0 Å². The molecule has 1 aromatic rings. The van der Waals surface area contributed by atoms with E-state index in [1.54, 1.807) is 6.08 Å². The molecule has 2 N–H and O–H groups in total. The Morgan fingerprint density at radius 1 is 1.42 bits per heavy atom. The summed E-state index contributed by atoms with van der Waals surface area (Å²) in [6.07, 6.45) is 2.07. The van der Waals surface area contributed by atoms with Gasteiger partial charge in [0.1, 0.15) is 5.75 Å². The second kappa shape index (κ2) is 7.97. The molecule has 0 heterocycles. The maximum absolute atomic E-state index is 10.6. The fourth-order valence-electron chi connectivity index (χ4n) is 2.12. The van der Waals surface area contributed by atoms with Crippen molar-refractivity contribution >= 4 is 0 Å². The van der Waals surface area contributed by atoms with Crippen LogP contribution in [0.15, 0.2) is 30.9 Å². The monoisotopic (exact) mass is 263 g/mol. The molecule has 0 bridgehead atoms. The predicted octanol–water partition coefficient (Wildman–Crippen LogP) is 2.98. The lowest BCUT2D eigenvalue weighted by molar-refractivity contribution is 0.124. The van der Waals surface area contributed by atoms with Crippen LogP contribution in [0.1, 0.15) is 37.5 Å². The van der Waals surface area contributed by atoms with Gasteiger partial charge in [-0.2, -0.15) is 0 Å². The van der Waals surface area contributed by atoms with E-state index in [-0.39, 0.29) is 6.04 Å². The Labute approximate surface area is 116 Å². The van der Waals surface area contributed by atoms with Crippen LogP contribution in [-0.4, -0.2) is 24.3 Å². The largest absolute Gasteiger partial charge is 0.493 e. The fourth-order valence-corrected chi connectivity index (χ4v) is 2.12. The summed E-state index contributed by atoms with van der Waals surface area (Å²) in [6.45, 7) is 11.0. The Morgan fingerprint density at radius 3 is 2.74 bits per heavy atom. The number of hydrogen-bond acceptors (Lipinski definition) is 3. The van der Waals surface area contributed by atoms with Gasteiger partial charge in [-0.05, 0) is 32.4 Å². The molecule has 0 fully saturated rings. The number of aliphatic hydroxyl groups excluding tert-OH is 1. The number of benzene rings is 1. The first-order valence-electron chi connectivity index (χ1n) is 6.89. The highest BCUT2D eigenvalue weighted by Crippen LogP contribution is 2.29. The molecule has 3 nitrogen and oxygen atoms in total. The van der Waals surface area contributed by atoms with Crippen LogP contribution in [0.2, 0.25) is 0 Å². The molecule has 0 amide bonds. The Bertz CT molecular complexity index is 404. The summed E-state index contributed by atoms with van der Waals surface area (Å²) in [4.78, 5) is 0. The summed E-state index contributed by atoms with van der Waals surface area (Å²) in [5, 5.41) is 13.8. The minimum absolute atomic E-state index is 0.000920. The van der Waals surface area contributed by atoms with Crippen molar-refractivity contribution in [3.63, 3.8) is 0 Å². The van der Waals surface area contributed by atoms with Gasteiger partial charge in [0.25, 0.3) is 0 Å². The van der Waals surface area contributed by atoms with E-state index in [9.17, 15) is 5.11 Å². The molecule has 3 heteroatoms. The molecule has 2 unspecified atom stereocenters. The summed E-state index contributed by atoms with van der Waals surface area (Å²) in [5.41, 5.74) is 1.97. The van der Waals surface area contributed by atoms with Gasteiger partial charge in [0.05, 0.1) is 12.7 Å². The van der Waals surface area contributed by atoms with Gasteiger partial charge in [0, 0.05) is 18.2 Å². The van der Waals surface area contributed by atoms with E-state index in [0.717, 1.165) is 23.3 Å². The average molecular weight is 263 g/mol. The molecule has 0 spiro atoms. The molecule has 0 saturated carbocycles. The van der Waals surface area contributed by atoms with Gasteiger partial charge < -0.3 is 15.2 Å². The van der Waals surface area contributed by atoms with Crippen LogP contribution in [0, 0.1) is 6.92 Å². The number of hydrogen-bond donors (Lipinski definition) is 2. The molecule has 0 aliphatic rings. The number of nitrogens with one attached hydrogen (secondary N) is 1. The summed E-state index contributed by atoms with van der Waals surface area (Å²) in [5.74, 6) is 0.763. The van der Waals surface area contributed by atoms with Gasteiger partial charge >= 0.3 is 0 Å². The minimum Gasteiger partial charge on any atom is -0.493 e. The van der Waals surface area contributed by atoms with Gasteiger partial charge in [0.15, 0.2) is 0 Å². The zero-order valence-electron chi connectivity index (χ0n) is 12.1. The van der Waals surface area contributed by atoms with Crippen LogP contribution < -0.4 is 10.1 Å². The van der Waals surface area contributed by atoms with Gasteiger partial charge in [-0.15, -0.1) is 6.58 Å². The number of aryl methyl sites for hydroxylation is 1. The number of ether oxygens (including phenoxy) is 1. The summed E-state index contributed by atoms with van der Waals surface area (Å²) in [6, 6.07) is 5.92. The standard InChI is InChI=1S/C16H25NO2/c1-5-10-17-14(6-2)16(18)13-11-12(4)8-9-15(13)19-7-3/h5,8-9,11,14,16-18H,1,6-7,10H2,2-4H3. The molecule has 0 saturated heterocycles. The van der Waals surface area contributed by atoms with Crippen molar-refractivity contribution in [2.75, 3.05) is 13.2 Å². The van der Waals surface area contributed by atoms with Crippen molar-refractivity contribution in [3.8, 4) is 5.75 Å². The maximum Gasteiger partial charge on any atom is 0.125 e. The highest BCUT2D eigenvalue weighted by Gasteiger charge is 2.22. The number of aliphatic hydroxyl groups is 1. The number of rotatable bonds is 8. The molecular weight excluding hydrogens is 238 g/mol. The van der Waals surface area contributed by atoms with Crippen molar-refractivity contribution in [1.82, 2.24) is 5.32 Å². The van der Waals surface area contributed by atoms with E-state index in [2.05, 4.69) is 18.8 Å². The summed E-state index contributed by atoms with van der Waals surface area (Å²) in [7, 11) is 0. The molecule has 1 rings (SSSR count). The quantitative estimate of drug-likeness (QED) is 0.708. The van der Waals surface area contributed by atoms with Crippen molar-refractivity contribution in [2.24, 2.45) is 0 Å². The maximum atomic E-state index is 10.6. The van der Waals surface area contributed by atoms with Crippen LogP contribution in [-0.2, 0) is 0 Å². The highest BCUT2D eigenvalue weighted by atomic mass is 16.5. The smallest absolute Gasteiger partial charge is 0.125 e. The fraction of sp³-hybridized carbons (Fsp3) is 0.500. The molecule has 0 aromatic heterocycles. The van der Waals surface area contributed by atoms with E-state index >= 15 is 0 Å². The average Bonchev–Trinajstić information content (AvgIpc) is 2.41. The molecule has 0 aliphatic heterocycles. The third-order valence-corrected chi connectivity index (χ3v) is 3.13. The lowest BCUT2D eigenvalue weighted by Crippen LogP contribution is -2.34. The SMILES string of the molecule is C=CCNC(CC)C(O)c1cc(C)ccc1OCC. The molecule has 0 aliphatic carbocycles. The van der Waals surface area contributed by atoms with Gasteiger partial charge in [-0.1, -0.05) is 24.6 Å². The summed E-state index contributed by atoms with van der Waals surface area (Å²) >= 11 is 0. The van der Waals surface area contributed by atoms with Gasteiger partial charge in [-0.3, -0.25) is 0 Å². The van der Waals surface area contributed by atoms with Crippen LogP contribution in [0.4, 0.5) is 0 Å². The van der Waals surface area contributed by atoms with Crippen molar-refractivity contribution in [3.05, 3.63) is 42.0 Å². The lowest BCUT2D eigenvalue weighted by atomic mass is 9.97. The van der Waals surface area contributed by atoms with Crippen LogP contribution in [0.3, 0.4) is 0 Å². The Kier molecular flexibility index (Phi) is 6.60. The van der Waals surface area contributed by atoms with Crippen molar-refractivity contribution in [2.45, 2.75) is 39.3 Å².